The molecule has 2 rings (SSSR count). The predicted molar refractivity (Wildman–Crippen MR) is 81.5 cm³/mol. The third-order valence-electron chi connectivity index (χ3n) is 3.28. The van der Waals surface area contributed by atoms with Crippen LogP contribution in [0.1, 0.15) is 11.3 Å². The number of aliphatic imine (C=N–C) groups is 1. The Morgan fingerprint density at radius 1 is 1.27 bits per heavy atom. The Bertz CT molecular complexity index is 651. The summed E-state index contributed by atoms with van der Waals surface area (Å²) in [6, 6.07) is 5.52. The summed E-state index contributed by atoms with van der Waals surface area (Å²) in [6.07, 6.45) is 2.17. The molecular formula is C15H19F2N5. The second-order valence-corrected chi connectivity index (χ2v) is 4.78. The second-order valence-electron chi connectivity index (χ2n) is 4.78. The lowest BCUT2D eigenvalue weighted by molar-refractivity contribution is 0.570. The van der Waals surface area contributed by atoms with Crippen molar-refractivity contribution in [2.75, 3.05) is 13.6 Å². The Balaban J connectivity index is 1.80. The summed E-state index contributed by atoms with van der Waals surface area (Å²) in [5, 5.41) is 10.3. The van der Waals surface area contributed by atoms with E-state index in [0.717, 1.165) is 11.8 Å². The Morgan fingerprint density at radius 2 is 2.09 bits per heavy atom. The van der Waals surface area contributed by atoms with Gasteiger partial charge in [0.15, 0.2) is 5.96 Å². The Morgan fingerprint density at radius 3 is 2.73 bits per heavy atom. The fourth-order valence-electron chi connectivity index (χ4n) is 2.01. The third kappa shape index (κ3) is 4.28. The van der Waals surface area contributed by atoms with Gasteiger partial charge >= 0.3 is 0 Å². The number of nitrogens with one attached hydrogen (secondary N) is 2. The Hall–Kier alpha value is -2.44. The molecule has 1 aromatic carbocycles. The lowest BCUT2D eigenvalue weighted by Crippen LogP contribution is -2.38. The summed E-state index contributed by atoms with van der Waals surface area (Å²) in [7, 11) is 3.53. The summed E-state index contributed by atoms with van der Waals surface area (Å²) < 4.78 is 28.1. The molecule has 0 fully saturated rings. The van der Waals surface area contributed by atoms with Crippen LogP contribution < -0.4 is 10.6 Å². The fourth-order valence-corrected chi connectivity index (χ4v) is 2.01. The summed E-state index contributed by atoms with van der Waals surface area (Å²) in [5.41, 5.74) is 1.49. The highest BCUT2D eigenvalue weighted by Crippen LogP contribution is 2.09. The molecule has 0 radical (unpaired) electrons. The van der Waals surface area contributed by atoms with Crippen LogP contribution in [0.4, 0.5) is 8.78 Å². The normalized spacial score (nSPS) is 11.5. The SMILES string of the molecule is CN=C(NCCc1ccc(F)cc1F)NCc1ccnn1C. The van der Waals surface area contributed by atoms with Crippen LogP contribution in [0.15, 0.2) is 35.5 Å². The van der Waals surface area contributed by atoms with Gasteiger partial charge in [0.25, 0.3) is 0 Å². The van der Waals surface area contributed by atoms with Crippen molar-refractivity contribution in [2.24, 2.45) is 12.0 Å². The highest BCUT2D eigenvalue weighted by Gasteiger charge is 2.05. The van der Waals surface area contributed by atoms with Crippen LogP contribution in [-0.2, 0) is 20.0 Å². The Kier molecular flexibility index (Phi) is 5.46. The molecule has 1 heterocycles. The minimum Gasteiger partial charge on any atom is -0.356 e. The molecule has 5 nitrogen and oxygen atoms in total. The number of rotatable bonds is 5. The van der Waals surface area contributed by atoms with E-state index in [4.69, 9.17) is 0 Å². The molecule has 22 heavy (non-hydrogen) atoms. The molecule has 118 valence electrons. The van der Waals surface area contributed by atoms with E-state index < -0.39 is 11.6 Å². The monoisotopic (exact) mass is 307 g/mol. The second kappa shape index (κ2) is 7.53. The van der Waals surface area contributed by atoms with Crippen molar-refractivity contribution < 1.29 is 8.78 Å². The number of hydrogen-bond donors (Lipinski definition) is 2. The van der Waals surface area contributed by atoms with Crippen molar-refractivity contribution >= 4 is 5.96 Å². The molecule has 1 aromatic heterocycles. The molecule has 2 aromatic rings. The van der Waals surface area contributed by atoms with Crippen molar-refractivity contribution in [2.45, 2.75) is 13.0 Å². The standard InChI is InChI=1S/C15H19F2N5/c1-18-15(20-10-13-6-8-21-22(13)2)19-7-5-11-3-4-12(16)9-14(11)17/h3-4,6,8-9H,5,7,10H2,1-2H3,(H2,18,19,20). The minimum absolute atomic E-state index is 0.443. The molecule has 0 saturated carbocycles. The molecule has 0 aliphatic carbocycles. The van der Waals surface area contributed by atoms with Crippen molar-refractivity contribution in [3.8, 4) is 0 Å². The molecule has 7 heteroatoms. The van der Waals surface area contributed by atoms with Gasteiger partial charge in [0.1, 0.15) is 11.6 Å². The summed E-state index contributed by atoms with van der Waals surface area (Å²) in [5.74, 6) is -0.480. The van der Waals surface area contributed by atoms with Crippen LogP contribution >= 0.6 is 0 Å². The largest absolute Gasteiger partial charge is 0.356 e. The van der Waals surface area contributed by atoms with Gasteiger partial charge in [0.2, 0.25) is 0 Å². The number of nitrogens with zero attached hydrogens (tertiary/aromatic N) is 3. The van der Waals surface area contributed by atoms with E-state index in [-0.39, 0.29) is 0 Å². The lowest BCUT2D eigenvalue weighted by atomic mass is 10.1. The zero-order valence-corrected chi connectivity index (χ0v) is 12.6. The van der Waals surface area contributed by atoms with Crippen molar-refractivity contribution in [3.05, 3.63) is 53.4 Å². The first-order valence-corrected chi connectivity index (χ1v) is 6.95. The van der Waals surface area contributed by atoms with Crippen LogP contribution in [0.2, 0.25) is 0 Å². The van der Waals surface area contributed by atoms with E-state index in [1.807, 2.05) is 13.1 Å². The van der Waals surface area contributed by atoms with Crippen molar-refractivity contribution in [1.29, 1.82) is 0 Å². The van der Waals surface area contributed by atoms with Gasteiger partial charge in [-0.1, -0.05) is 6.07 Å². The van der Waals surface area contributed by atoms with Crippen LogP contribution in [-0.4, -0.2) is 29.3 Å². The lowest BCUT2D eigenvalue weighted by Gasteiger charge is -2.12. The minimum atomic E-state index is -0.567. The molecular weight excluding hydrogens is 288 g/mol. The molecule has 0 bridgehead atoms. The van der Waals surface area contributed by atoms with Gasteiger partial charge in [0.05, 0.1) is 12.2 Å². The first-order valence-electron chi connectivity index (χ1n) is 6.95. The zero-order valence-electron chi connectivity index (χ0n) is 12.6. The number of hydrogen-bond acceptors (Lipinski definition) is 2. The van der Waals surface area contributed by atoms with E-state index >= 15 is 0 Å². The van der Waals surface area contributed by atoms with Gasteiger partial charge in [-0.25, -0.2) is 8.78 Å². The summed E-state index contributed by atoms with van der Waals surface area (Å²) in [6.45, 7) is 1.08. The predicted octanol–water partition coefficient (Wildman–Crippen LogP) is 1.61. The zero-order chi connectivity index (χ0) is 15.9. The van der Waals surface area contributed by atoms with E-state index in [1.165, 1.54) is 12.1 Å². The molecule has 0 atom stereocenters. The van der Waals surface area contributed by atoms with E-state index in [1.54, 1.807) is 17.9 Å². The van der Waals surface area contributed by atoms with E-state index in [2.05, 4.69) is 20.7 Å². The van der Waals surface area contributed by atoms with Crippen molar-refractivity contribution in [3.63, 3.8) is 0 Å². The van der Waals surface area contributed by atoms with E-state index in [0.29, 0.717) is 31.0 Å². The highest BCUT2D eigenvalue weighted by molar-refractivity contribution is 5.79. The van der Waals surface area contributed by atoms with Crippen LogP contribution in [0.25, 0.3) is 0 Å². The van der Waals surface area contributed by atoms with Crippen molar-refractivity contribution in [1.82, 2.24) is 20.4 Å². The van der Waals surface area contributed by atoms with Gasteiger partial charge in [-0.05, 0) is 24.1 Å². The highest BCUT2D eigenvalue weighted by atomic mass is 19.1. The molecule has 0 spiro atoms. The number of aryl methyl sites for hydroxylation is 1. The van der Waals surface area contributed by atoms with Crippen LogP contribution in [0, 0.1) is 11.6 Å². The maximum atomic E-state index is 13.5. The van der Waals surface area contributed by atoms with Gasteiger partial charge in [-0.2, -0.15) is 5.10 Å². The number of halogens is 2. The third-order valence-corrected chi connectivity index (χ3v) is 3.28. The average molecular weight is 307 g/mol. The number of benzene rings is 1. The average Bonchev–Trinajstić information content (AvgIpc) is 2.90. The maximum absolute atomic E-state index is 13.5. The van der Waals surface area contributed by atoms with Gasteiger partial charge in [-0.15, -0.1) is 0 Å². The molecule has 0 saturated heterocycles. The fraction of sp³-hybridized carbons (Fsp3) is 0.333. The number of guanidine groups is 1. The van der Waals surface area contributed by atoms with Gasteiger partial charge < -0.3 is 10.6 Å². The molecule has 2 N–H and O–H groups in total. The smallest absolute Gasteiger partial charge is 0.191 e. The Labute approximate surface area is 128 Å². The topological polar surface area (TPSA) is 54.2 Å². The van der Waals surface area contributed by atoms with Crippen LogP contribution in [0.3, 0.4) is 0 Å². The summed E-state index contributed by atoms with van der Waals surface area (Å²) in [4.78, 5) is 4.10. The first-order chi connectivity index (χ1) is 10.6. The molecule has 0 unspecified atom stereocenters. The first kappa shape index (κ1) is 15.9. The van der Waals surface area contributed by atoms with Gasteiger partial charge in [0, 0.05) is 32.9 Å². The van der Waals surface area contributed by atoms with Gasteiger partial charge in [-0.3, -0.25) is 9.67 Å². The maximum Gasteiger partial charge on any atom is 0.191 e. The molecule has 0 aliphatic rings. The quantitative estimate of drug-likeness (QED) is 0.652. The van der Waals surface area contributed by atoms with Crippen LogP contribution in [0.5, 0.6) is 0 Å². The van der Waals surface area contributed by atoms with E-state index in [9.17, 15) is 8.78 Å². The molecule has 0 amide bonds. The molecule has 0 aliphatic heterocycles. The summed E-state index contributed by atoms with van der Waals surface area (Å²) >= 11 is 0. The number of aromatic nitrogens is 2.